The molecule has 1 rings (SSSR count). The molecule has 0 aromatic heterocycles. The van der Waals surface area contributed by atoms with Gasteiger partial charge in [0.2, 0.25) is 0 Å². The molecular weight excluding hydrogens is 268 g/mol. The summed E-state index contributed by atoms with van der Waals surface area (Å²) in [5.41, 5.74) is 0.511. The zero-order valence-electron chi connectivity index (χ0n) is 11.0. The normalized spacial score (nSPS) is 9.84. The van der Waals surface area contributed by atoms with Crippen LogP contribution in [-0.4, -0.2) is 36.6 Å². The first-order valence-electron chi connectivity index (χ1n) is 6.04. The summed E-state index contributed by atoms with van der Waals surface area (Å²) < 4.78 is 4.81. The quantitative estimate of drug-likeness (QED) is 0.846. The largest absolute Gasteiger partial charge is 0.465 e. The molecule has 0 radical (unpaired) electrons. The fourth-order valence-electron chi connectivity index (χ4n) is 1.45. The third-order valence-electron chi connectivity index (χ3n) is 2.41. The Kier molecular flexibility index (Phi) is 6.15. The first-order valence-corrected chi connectivity index (χ1v) is 6.42. The van der Waals surface area contributed by atoms with E-state index in [1.165, 1.54) is 4.90 Å². The number of amides is 2. The van der Waals surface area contributed by atoms with Crippen LogP contribution in [0.5, 0.6) is 0 Å². The number of hydrogen-bond donors (Lipinski definition) is 1. The number of ether oxygens (including phenoxy) is 1. The maximum Gasteiger partial charge on any atom is 0.325 e. The minimum absolute atomic E-state index is 0.0827. The van der Waals surface area contributed by atoms with Crippen LogP contribution >= 0.6 is 11.6 Å². The lowest BCUT2D eigenvalue weighted by Gasteiger charge is -2.20. The maximum absolute atomic E-state index is 12.0. The molecule has 0 bridgehead atoms. The molecule has 1 N–H and O–H groups in total. The summed E-state index contributed by atoms with van der Waals surface area (Å²) in [6, 6.07) is 6.53. The van der Waals surface area contributed by atoms with Crippen LogP contribution in [0.4, 0.5) is 10.5 Å². The maximum atomic E-state index is 12.0. The number of rotatable bonds is 5. The molecule has 0 saturated carbocycles. The molecule has 2 amide bonds. The van der Waals surface area contributed by atoms with Crippen molar-refractivity contribution in [3.63, 3.8) is 0 Å². The van der Waals surface area contributed by atoms with Crippen molar-refractivity contribution >= 4 is 29.3 Å². The van der Waals surface area contributed by atoms with E-state index in [0.717, 1.165) is 0 Å². The van der Waals surface area contributed by atoms with Crippen LogP contribution in [-0.2, 0) is 9.53 Å². The summed E-state index contributed by atoms with van der Waals surface area (Å²) >= 11 is 5.95. The number of esters is 1. The molecule has 104 valence electrons. The molecule has 0 spiro atoms. The zero-order chi connectivity index (χ0) is 14.3. The molecule has 5 nitrogen and oxygen atoms in total. The Labute approximate surface area is 117 Å². The smallest absolute Gasteiger partial charge is 0.325 e. The summed E-state index contributed by atoms with van der Waals surface area (Å²) in [7, 11) is 0. The fraction of sp³-hybridized carbons (Fsp3) is 0.385. The SMILES string of the molecule is CCOC(=O)CN(CC)C(=O)Nc1ccccc1Cl. The van der Waals surface area contributed by atoms with Crippen molar-refractivity contribution in [2.75, 3.05) is 25.0 Å². The van der Waals surface area contributed by atoms with E-state index in [2.05, 4.69) is 5.32 Å². The molecule has 0 aliphatic carbocycles. The average molecular weight is 285 g/mol. The van der Waals surface area contributed by atoms with E-state index in [1.54, 1.807) is 38.1 Å². The van der Waals surface area contributed by atoms with E-state index < -0.39 is 5.97 Å². The lowest BCUT2D eigenvalue weighted by Crippen LogP contribution is -2.39. The minimum atomic E-state index is -0.432. The van der Waals surface area contributed by atoms with Crippen molar-refractivity contribution in [1.82, 2.24) is 4.90 Å². The molecular formula is C13H17ClN2O3. The Morgan fingerprint density at radius 3 is 2.58 bits per heavy atom. The van der Waals surface area contributed by atoms with Gasteiger partial charge >= 0.3 is 12.0 Å². The van der Waals surface area contributed by atoms with Crippen molar-refractivity contribution in [1.29, 1.82) is 0 Å². The minimum Gasteiger partial charge on any atom is -0.465 e. The van der Waals surface area contributed by atoms with Crippen LogP contribution in [0, 0.1) is 0 Å². The Hall–Kier alpha value is -1.75. The second kappa shape index (κ2) is 7.63. The molecule has 0 aliphatic heterocycles. The lowest BCUT2D eigenvalue weighted by atomic mass is 10.3. The number of para-hydroxylation sites is 1. The molecule has 0 unspecified atom stereocenters. The number of nitrogens with zero attached hydrogens (tertiary/aromatic N) is 1. The van der Waals surface area contributed by atoms with Crippen molar-refractivity contribution in [2.45, 2.75) is 13.8 Å². The third kappa shape index (κ3) is 4.79. The standard InChI is InChI=1S/C13H17ClN2O3/c1-3-16(9-12(17)19-4-2)13(18)15-11-8-6-5-7-10(11)14/h5-8H,3-4,9H2,1-2H3,(H,15,18). The van der Waals surface area contributed by atoms with Crippen molar-refractivity contribution in [3.8, 4) is 0 Å². The van der Waals surface area contributed by atoms with Crippen LogP contribution in [0.3, 0.4) is 0 Å². The van der Waals surface area contributed by atoms with Gasteiger partial charge in [0.1, 0.15) is 6.54 Å². The molecule has 1 aromatic carbocycles. The van der Waals surface area contributed by atoms with Crippen molar-refractivity contribution < 1.29 is 14.3 Å². The Balaban J connectivity index is 2.64. The van der Waals surface area contributed by atoms with Crippen LogP contribution in [0.25, 0.3) is 0 Å². The van der Waals surface area contributed by atoms with E-state index in [1.807, 2.05) is 0 Å². The summed E-state index contributed by atoms with van der Waals surface area (Å²) in [6.45, 7) is 4.11. The number of carbonyl (C=O) groups is 2. The van der Waals surface area contributed by atoms with Crippen LogP contribution in [0.1, 0.15) is 13.8 Å². The number of likely N-dealkylation sites (N-methyl/N-ethyl adjacent to an activating group) is 1. The molecule has 0 heterocycles. The van der Waals surface area contributed by atoms with Crippen LogP contribution < -0.4 is 5.32 Å². The van der Waals surface area contributed by atoms with E-state index in [9.17, 15) is 9.59 Å². The number of halogens is 1. The number of nitrogens with one attached hydrogen (secondary N) is 1. The summed E-state index contributed by atoms with van der Waals surface area (Å²) in [4.78, 5) is 24.7. The van der Waals surface area contributed by atoms with Crippen LogP contribution in [0.15, 0.2) is 24.3 Å². The Morgan fingerprint density at radius 1 is 1.32 bits per heavy atom. The van der Waals surface area contributed by atoms with Gasteiger partial charge in [-0.3, -0.25) is 4.79 Å². The molecule has 6 heteroatoms. The van der Waals surface area contributed by atoms with Gasteiger partial charge in [-0.2, -0.15) is 0 Å². The van der Waals surface area contributed by atoms with Gasteiger partial charge in [0.25, 0.3) is 0 Å². The molecule has 19 heavy (non-hydrogen) atoms. The van der Waals surface area contributed by atoms with Crippen molar-refractivity contribution in [2.24, 2.45) is 0 Å². The van der Waals surface area contributed by atoms with Gasteiger partial charge in [0, 0.05) is 6.54 Å². The number of urea groups is 1. The summed E-state index contributed by atoms with van der Waals surface area (Å²) in [5, 5.41) is 3.10. The fourth-order valence-corrected chi connectivity index (χ4v) is 1.63. The number of carbonyl (C=O) groups excluding carboxylic acids is 2. The second-order valence-corrected chi connectivity index (χ2v) is 4.14. The van der Waals surface area contributed by atoms with Gasteiger partial charge in [0.15, 0.2) is 0 Å². The van der Waals surface area contributed by atoms with E-state index >= 15 is 0 Å². The van der Waals surface area contributed by atoms with Gasteiger partial charge in [-0.15, -0.1) is 0 Å². The van der Waals surface area contributed by atoms with Gasteiger partial charge in [-0.25, -0.2) is 4.79 Å². The van der Waals surface area contributed by atoms with E-state index in [0.29, 0.717) is 23.9 Å². The van der Waals surface area contributed by atoms with Gasteiger partial charge < -0.3 is 15.0 Å². The second-order valence-electron chi connectivity index (χ2n) is 3.73. The highest BCUT2D eigenvalue weighted by molar-refractivity contribution is 6.33. The number of hydrogen-bond acceptors (Lipinski definition) is 3. The molecule has 0 aliphatic rings. The molecule has 0 fully saturated rings. The van der Waals surface area contributed by atoms with Crippen molar-refractivity contribution in [3.05, 3.63) is 29.3 Å². The highest BCUT2D eigenvalue weighted by Gasteiger charge is 2.16. The highest BCUT2D eigenvalue weighted by Crippen LogP contribution is 2.20. The van der Waals surface area contributed by atoms with Gasteiger partial charge in [-0.1, -0.05) is 23.7 Å². The molecule has 1 aromatic rings. The average Bonchev–Trinajstić information content (AvgIpc) is 2.39. The Bertz CT molecular complexity index is 451. The zero-order valence-corrected chi connectivity index (χ0v) is 11.7. The highest BCUT2D eigenvalue weighted by atomic mass is 35.5. The topological polar surface area (TPSA) is 58.6 Å². The van der Waals surface area contributed by atoms with Crippen LogP contribution in [0.2, 0.25) is 5.02 Å². The monoisotopic (exact) mass is 284 g/mol. The molecule has 0 atom stereocenters. The number of anilines is 1. The predicted octanol–water partition coefficient (Wildman–Crippen LogP) is 2.76. The summed E-state index contributed by atoms with van der Waals surface area (Å²) in [5.74, 6) is -0.432. The van der Waals surface area contributed by atoms with Gasteiger partial charge in [0.05, 0.1) is 17.3 Å². The summed E-state index contributed by atoms with van der Waals surface area (Å²) in [6.07, 6.45) is 0. The number of benzene rings is 1. The first-order chi connectivity index (χ1) is 9.08. The Morgan fingerprint density at radius 2 is 2.00 bits per heavy atom. The predicted molar refractivity (Wildman–Crippen MR) is 74.4 cm³/mol. The van der Waals surface area contributed by atoms with Gasteiger partial charge in [-0.05, 0) is 26.0 Å². The molecule has 0 saturated heterocycles. The van der Waals surface area contributed by atoms with E-state index in [-0.39, 0.29) is 12.6 Å². The van der Waals surface area contributed by atoms with E-state index in [4.69, 9.17) is 16.3 Å². The third-order valence-corrected chi connectivity index (χ3v) is 2.74. The lowest BCUT2D eigenvalue weighted by molar-refractivity contribution is -0.143. The first kappa shape index (κ1) is 15.3.